The number of ether oxygens (including phenoxy) is 1. The van der Waals surface area contributed by atoms with Crippen LogP contribution in [0.5, 0.6) is 0 Å². The van der Waals surface area contributed by atoms with Gasteiger partial charge in [0.25, 0.3) is 0 Å². The van der Waals surface area contributed by atoms with Crippen molar-refractivity contribution in [3.05, 3.63) is 77.9 Å². The minimum Gasteiger partial charge on any atom is -0.460 e. The Bertz CT molecular complexity index is 725. The van der Waals surface area contributed by atoms with Crippen molar-refractivity contribution in [1.29, 1.82) is 0 Å². The quantitative estimate of drug-likeness (QED) is 0.665. The standard InChI is InChI=1S/C21H22O3S/c1-3-19(22)25-21(2,15-14-17-10-6-4-7-11-17)20(23)24-16-18-12-8-5-9-13-18/h4-15H,3,16H2,1-2H3/t21-/m1/s1. The van der Waals surface area contributed by atoms with E-state index in [1.54, 1.807) is 19.9 Å². The zero-order chi connectivity index (χ0) is 18.1. The first-order chi connectivity index (χ1) is 12.0. The number of carbonyl (C=O) groups excluding carboxylic acids is 2. The summed E-state index contributed by atoms with van der Waals surface area (Å²) >= 11 is 1.01. The van der Waals surface area contributed by atoms with Crippen molar-refractivity contribution in [3.63, 3.8) is 0 Å². The van der Waals surface area contributed by atoms with Crippen LogP contribution in [0.15, 0.2) is 66.7 Å². The van der Waals surface area contributed by atoms with Crippen LogP contribution in [0.3, 0.4) is 0 Å². The van der Waals surface area contributed by atoms with Crippen LogP contribution in [0, 0.1) is 0 Å². The smallest absolute Gasteiger partial charge is 0.326 e. The largest absolute Gasteiger partial charge is 0.460 e. The minimum atomic E-state index is -1.06. The van der Waals surface area contributed by atoms with Crippen molar-refractivity contribution in [1.82, 2.24) is 0 Å². The highest BCUT2D eigenvalue weighted by molar-refractivity contribution is 8.15. The lowest BCUT2D eigenvalue weighted by atomic mass is 10.1. The molecule has 0 N–H and O–H groups in total. The molecule has 3 nitrogen and oxygen atoms in total. The van der Waals surface area contributed by atoms with E-state index in [4.69, 9.17) is 4.74 Å². The summed E-state index contributed by atoms with van der Waals surface area (Å²) in [4.78, 5) is 24.6. The first kappa shape index (κ1) is 19.0. The normalized spacial score (nSPS) is 13.4. The van der Waals surface area contributed by atoms with Gasteiger partial charge in [0.2, 0.25) is 0 Å². The molecule has 0 amide bonds. The van der Waals surface area contributed by atoms with Crippen LogP contribution in [0.2, 0.25) is 0 Å². The topological polar surface area (TPSA) is 43.4 Å². The van der Waals surface area contributed by atoms with E-state index in [2.05, 4.69) is 0 Å². The Hall–Kier alpha value is -2.33. The van der Waals surface area contributed by atoms with Gasteiger partial charge in [0.05, 0.1) is 0 Å². The molecule has 2 aromatic rings. The van der Waals surface area contributed by atoms with E-state index in [9.17, 15) is 9.59 Å². The molecular weight excluding hydrogens is 332 g/mol. The van der Waals surface area contributed by atoms with Crippen LogP contribution in [0.4, 0.5) is 0 Å². The van der Waals surface area contributed by atoms with Gasteiger partial charge in [0.15, 0.2) is 5.12 Å². The maximum atomic E-state index is 12.7. The summed E-state index contributed by atoms with van der Waals surface area (Å²) in [5.41, 5.74) is 1.88. The second kappa shape index (κ2) is 9.23. The molecule has 0 saturated carbocycles. The average Bonchev–Trinajstić information content (AvgIpc) is 2.66. The van der Waals surface area contributed by atoms with E-state index in [-0.39, 0.29) is 11.7 Å². The van der Waals surface area contributed by atoms with Crippen molar-refractivity contribution in [2.24, 2.45) is 0 Å². The van der Waals surface area contributed by atoms with Gasteiger partial charge in [-0.15, -0.1) is 0 Å². The zero-order valence-corrected chi connectivity index (χ0v) is 15.3. The van der Waals surface area contributed by atoms with Gasteiger partial charge in [-0.3, -0.25) is 9.59 Å². The summed E-state index contributed by atoms with van der Waals surface area (Å²) in [7, 11) is 0. The van der Waals surface area contributed by atoms with Gasteiger partial charge < -0.3 is 4.74 Å². The van der Waals surface area contributed by atoms with E-state index in [0.717, 1.165) is 22.9 Å². The van der Waals surface area contributed by atoms with Gasteiger partial charge in [-0.25, -0.2) is 0 Å². The third-order valence-corrected chi connectivity index (χ3v) is 4.87. The minimum absolute atomic E-state index is 0.0446. The molecule has 0 heterocycles. The molecule has 130 valence electrons. The molecule has 0 aliphatic rings. The summed E-state index contributed by atoms with van der Waals surface area (Å²) in [6.07, 6.45) is 3.96. The lowest BCUT2D eigenvalue weighted by molar-refractivity contribution is -0.146. The molecule has 0 spiro atoms. The number of rotatable bonds is 7. The van der Waals surface area contributed by atoms with Gasteiger partial charge in [-0.2, -0.15) is 0 Å². The number of carbonyl (C=O) groups is 2. The van der Waals surface area contributed by atoms with Crippen LogP contribution >= 0.6 is 11.8 Å². The van der Waals surface area contributed by atoms with Crippen molar-refractivity contribution < 1.29 is 14.3 Å². The zero-order valence-electron chi connectivity index (χ0n) is 14.5. The molecule has 4 heteroatoms. The highest BCUT2D eigenvalue weighted by atomic mass is 32.2. The number of benzene rings is 2. The highest BCUT2D eigenvalue weighted by Crippen LogP contribution is 2.31. The Morgan fingerprint density at radius 3 is 2.24 bits per heavy atom. The van der Waals surface area contributed by atoms with Crippen LogP contribution in [-0.4, -0.2) is 15.8 Å². The molecule has 0 fully saturated rings. The summed E-state index contributed by atoms with van der Waals surface area (Å²) in [6.45, 7) is 3.69. The van der Waals surface area contributed by atoms with Crippen LogP contribution in [0.25, 0.3) is 6.08 Å². The van der Waals surface area contributed by atoms with Gasteiger partial charge in [0.1, 0.15) is 11.4 Å². The van der Waals surface area contributed by atoms with Crippen molar-refractivity contribution in [2.45, 2.75) is 31.6 Å². The molecule has 0 radical (unpaired) electrons. The summed E-state index contributed by atoms with van der Waals surface area (Å²) in [5, 5.41) is -0.0446. The fourth-order valence-electron chi connectivity index (χ4n) is 2.14. The monoisotopic (exact) mass is 354 g/mol. The Morgan fingerprint density at radius 1 is 1.04 bits per heavy atom. The lowest BCUT2D eigenvalue weighted by Crippen LogP contribution is -2.32. The number of thioether (sulfide) groups is 1. The lowest BCUT2D eigenvalue weighted by Gasteiger charge is -2.22. The maximum Gasteiger partial charge on any atom is 0.326 e. The molecule has 2 aromatic carbocycles. The molecular formula is C21H22O3S. The molecule has 0 aliphatic heterocycles. The summed E-state index contributed by atoms with van der Waals surface area (Å²) < 4.78 is 4.41. The second-order valence-corrected chi connectivity index (χ2v) is 7.25. The van der Waals surface area contributed by atoms with Crippen LogP contribution < -0.4 is 0 Å². The third-order valence-electron chi connectivity index (χ3n) is 3.63. The Labute approximate surface area is 153 Å². The molecule has 0 unspecified atom stereocenters. The van der Waals surface area contributed by atoms with E-state index < -0.39 is 10.7 Å². The SMILES string of the molecule is CCC(=O)S[C@](C)(C=Cc1ccccc1)C(=O)OCc1ccccc1. The third kappa shape index (κ3) is 5.91. The van der Waals surface area contributed by atoms with E-state index in [1.807, 2.05) is 66.7 Å². The van der Waals surface area contributed by atoms with E-state index >= 15 is 0 Å². The van der Waals surface area contributed by atoms with Gasteiger partial charge in [-0.05, 0) is 18.1 Å². The first-order valence-electron chi connectivity index (χ1n) is 8.21. The predicted molar refractivity (Wildman–Crippen MR) is 103 cm³/mol. The van der Waals surface area contributed by atoms with Crippen molar-refractivity contribution >= 4 is 28.9 Å². The summed E-state index contributed by atoms with van der Waals surface area (Å²) in [5.74, 6) is -0.421. The molecule has 25 heavy (non-hydrogen) atoms. The first-order valence-corrected chi connectivity index (χ1v) is 9.02. The van der Waals surface area contributed by atoms with Crippen LogP contribution in [-0.2, 0) is 20.9 Å². The Morgan fingerprint density at radius 2 is 1.64 bits per heavy atom. The van der Waals surface area contributed by atoms with Crippen molar-refractivity contribution in [3.8, 4) is 0 Å². The number of hydrogen-bond donors (Lipinski definition) is 0. The number of esters is 1. The molecule has 0 saturated heterocycles. The van der Waals surface area contributed by atoms with Gasteiger partial charge in [0, 0.05) is 6.42 Å². The predicted octanol–water partition coefficient (Wildman–Crippen LogP) is 4.87. The average molecular weight is 354 g/mol. The number of hydrogen-bond acceptors (Lipinski definition) is 4. The fraction of sp³-hybridized carbons (Fsp3) is 0.238. The summed E-state index contributed by atoms with van der Waals surface area (Å²) in [6, 6.07) is 19.2. The van der Waals surface area contributed by atoms with E-state index in [0.29, 0.717) is 6.42 Å². The fourth-order valence-corrected chi connectivity index (χ4v) is 3.03. The van der Waals surface area contributed by atoms with Gasteiger partial charge >= 0.3 is 5.97 Å². The van der Waals surface area contributed by atoms with Gasteiger partial charge in [-0.1, -0.05) is 91.5 Å². The Balaban J connectivity index is 2.14. The molecule has 2 rings (SSSR count). The second-order valence-electron chi connectivity index (χ2n) is 5.74. The van der Waals surface area contributed by atoms with Crippen molar-refractivity contribution in [2.75, 3.05) is 0 Å². The molecule has 1 atom stereocenters. The molecule has 0 aromatic heterocycles. The Kier molecular flexibility index (Phi) is 7.02. The van der Waals surface area contributed by atoms with Crippen LogP contribution in [0.1, 0.15) is 31.4 Å². The molecule has 0 bridgehead atoms. The molecule has 0 aliphatic carbocycles. The maximum absolute atomic E-state index is 12.7. The highest BCUT2D eigenvalue weighted by Gasteiger charge is 2.35. The van der Waals surface area contributed by atoms with E-state index in [1.165, 1.54) is 0 Å².